The molecule has 4 aromatic rings. The number of hydrogen-bond donors (Lipinski definition) is 1. The molecular formula is C33H33ClF5N7O4. The Labute approximate surface area is 289 Å². The topological polar surface area (TPSA) is 136 Å². The van der Waals surface area contributed by atoms with E-state index in [1.165, 1.54) is 37.4 Å². The molecule has 11 nitrogen and oxygen atoms in total. The number of quaternary nitrogens is 1. The first-order chi connectivity index (χ1) is 23.5. The number of hydrogen-bond acceptors (Lipinski definition) is 8. The summed E-state index contributed by atoms with van der Waals surface area (Å²) in [5.41, 5.74) is 1.61. The van der Waals surface area contributed by atoms with Crippen LogP contribution in [0.15, 0.2) is 48.9 Å². The first-order valence-electron chi connectivity index (χ1n) is 15.2. The first kappa shape index (κ1) is 37.8. The molecule has 266 valence electrons. The van der Waals surface area contributed by atoms with Crippen LogP contribution in [0.4, 0.5) is 33.5 Å². The third kappa shape index (κ3) is 9.16. The number of piperidine rings is 1. The van der Waals surface area contributed by atoms with Crippen LogP contribution in [-0.2, 0) is 4.79 Å². The monoisotopic (exact) mass is 721 g/mol. The average Bonchev–Trinajstić information content (AvgIpc) is 3.49. The van der Waals surface area contributed by atoms with Gasteiger partial charge in [-0.25, -0.2) is 14.4 Å². The number of nitriles is 1. The summed E-state index contributed by atoms with van der Waals surface area (Å²) >= 11 is 6.56. The number of nitrogens with one attached hydrogen (secondary N) is 1. The third-order valence-corrected chi connectivity index (χ3v) is 8.55. The lowest BCUT2D eigenvalue weighted by Gasteiger charge is -2.37. The number of anilines is 2. The number of imidazole rings is 1. The van der Waals surface area contributed by atoms with E-state index in [4.69, 9.17) is 31.5 Å². The molecule has 2 aromatic carbocycles. The molecule has 0 radical (unpaired) electrons. The molecule has 0 unspecified atom stereocenters. The second-order valence-corrected chi connectivity index (χ2v) is 12.7. The van der Waals surface area contributed by atoms with Crippen molar-refractivity contribution < 1.29 is 45.9 Å². The zero-order valence-corrected chi connectivity index (χ0v) is 28.0. The van der Waals surface area contributed by atoms with Gasteiger partial charge in [-0.15, -0.1) is 0 Å². The zero-order valence-electron chi connectivity index (χ0n) is 27.2. The predicted octanol–water partition coefficient (Wildman–Crippen LogP) is 5.22. The molecule has 0 spiro atoms. The van der Waals surface area contributed by atoms with Crippen molar-refractivity contribution in [2.24, 2.45) is 5.92 Å². The largest absolute Gasteiger partial charge is 0.542 e. The fourth-order valence-corrected chi connectivity index (χ4v) is 5.61. The molecular weight excluding hydrogens is 689 g/mol. The molecule has 0 aliphatic carbocycles. The zero-order chi connectivity index (χ0) is 36.8. The maximum Gasteiger partial charge on any atom is 0.430 e. The summed E-state index contributed by atoms with van der Waals surface area (Å²) in [4.78, 5) is 32.4. The van der Waals surface area contributed by atoms with Gasteiger partial charge in [-0.2, -0.15) is 22.8 Å². The number of carboxylic acid groups (broad SMARTS) is 1. The lowest BCUT2D eigenvalue weighted by atomic mass is 9.92. The summed E-state index contributed by atoms with van der Waals surface area (Å²) in [5, 5.41) is 20.9. The van der Waals surface area contributed by atoms with Crippen LogP contribution in [-0.4, -0.2) is 89.2 Å². The van der Waals surface area contributed by atoms with Gasteiger partial charge < -0.3 is 29.3 Å². The number of aliphatic carboxylic acids is 1. The van der Waals surface area contributed by atoms with E-state index in [2.05, 4.69) is 29.4 Å². The van der Waals surface area contributed by atoms with Gasteiger partial charge in [0, 0.05) is 37.2 Å². The van der Waals surface area contributed by atoms with Crippen molar-refractivity contribution in [3.05, 3.63) is 71.1 Å². The Morgan fingerprint density at radius 3 is 2.46 bits per heavy atom. The number of halogens is 6. The van der Waals surface area contributed by atoms with Crippen molar-refractivity contribution in [1.82, 2.24) is 19.3 Å². The molecule has 1 aliphatic heterocycles. The lowest BCUT2D eigenvalue weighted by molar-refractivity contribution is -0.896. The number of amides is 1. The van der Waals surface area contributed by atoms with E-state index in [0.717, 1.165) is 24.0 Å². The number of likely N-dealkylation sites (tertiary alicyclic amines) is 1. The first-order valence-corrected chi connectivity index (χ1v) is 15.6. The summed E-state index contributed by atoms with van der Waals surface area (Å²) in [6.45, 7) is 2.59. The second kappa shape index (κ2) is 15.7. The van der Waals surface area contributed by atoms with Crippen molar-refractivity contribution in [2.45, 2.75) is 25.4 Å². The van der Waals surface area contributed by atoms with E-state index in [1.807, 2.05) is 0 Å². The van der Waals surface area contributed by atoms with Crippen LogP contribution in [0.5, 0.6) is 5.75 Å². The fourth-order valence-electron chi connectivity index (χ4n) is 5.35. The summed E-state index contributed by atoms with van der Waals surface area (Å²) in [5.74, 6) is -4.83. The minimum atomic E-state index is -5.19. The molecule has 1 aliphatic rings. The van der Waals surface area contributed by atoms with Gasteiger partial charge in [0.2, 0.25) is 5.82 Å². The summed E-state index contributed by atoms with van der Waals surface area (Å²) in [7, 11) is 6.32. The Kier molecular flexibility index (Phi) is 11.9. The predicted molar refractivity (Wildman–Crippen MR) is 171 cm³/mol. The quantitative estimate of drug-likeness (QED) is 0.184. The number of carbonyl (C=O) groups excluding carboxylic acids is 2. The minimum Gasteiger partial charge on any atom is -0.542 e. The Hall–Kier alpha value is -5.01. The molecule has 2 aromatic heterocycles. The van der Waals surface area contributed by atoms with Gasteiger partial charge in [-0.3, -0.25) is 9.20 Å². The molecule has 1 N–H and O–H groups in total. The molecule has 5 rings (SSSR count). The van der Waals surface area contributed by atoms with Crippen molar-refractivity contribution in [3.8, 4) is 23.1 Å². The molecule has 1 saturated heterocycles. The van der Waals surface area contributed by atoms with Gasteiger partial charge in [0.05, 0.1) is 49.7 Å². The Morgan fingerprint density at radius 1 is 1.16 bits per heavy atom. The minimum absolute atomic E-state index is 0.0343. The van der Waals surface area contributed by atoms with Crippen LogP contribution < -0.4 is 15.2 Å². The third-order valence-electron chi connectivity index (χ3n) is 8.24. The van der Waals surface area contributed by atoms with E-state index < -0.39 is 30.4 Å². The lowest BCUT2D eigenvalue weighted by Crippen LogP contribution is -2.46. The molecule has 0 atom stereocenters. The van der Waals surface area contributed by atoms with E-state index in [9.17, 15) is 26.7 Å². The molecule has 1 fully saturated rings. The number of aromatic nitrogens is 3. The van der Waals surface area contributed by atoms with E-state index in [1.54, 1.807) is 46.8 Å². The fraction of sp³-hybridized carbons (Fsp3) is 0.364. The molecule has 1 amide bonds. The number of nitrogens with zero attached hydrogens (tertiary/aromatic N) is 6. The molecule has 0 saturated carbocycles. The van der Waals surface area contributed by atoms with Gasteiger partial charge in [0.25, 0.3) is 5.91 Å². The molecule has 50 heavy (non-hydrogen) atoms. The summed E-state index contributed by atoms with van der Waals surface area (Å²) in [6.07, 6.45) is 2.61. The van der Waals surface area contributed by atoms with Crippen LogP contribution in [0.2, 0.25) is 5.02 Å². The van der Waals surface area contributed by atoms with Gasteiger partial charge in [-0.05, 0) is 55.5 Å². The van der Waals surface area contributed by atoms with Crippen molar-refractivity contribution >= 4 is 40.6 Å². The standard InChI is InChI=1S/C31H32ClF2N7O2.C2HF3O2/c1-39(13-8-20-9-15-41(2,3)16-10-20)31(42)22-5-4-21(18-24(22)32)38-29-30-37-19-25(40(30)14-12-36-29)23-6-7-26(43-17-11-35)28(34)27(23)33;3-2(4,5)1(6)7/h4-7,12,14,18-20H,8-10,13,15-17H2,1-3H3;(H,6,7). The van der Waals surface area contributed by atoms with Crippen LogP contribution in [0.3, 0.4) is 0 Å². The number of alkyl halides is 3. The normalized spacial score (nSPS) is 14.3. The number of carbonyl (C=O) groups is 2. The van der Waals surface area contributed by atoms with E-state index in [0.29, 0.717) is 45.9 Å². The van der Waals surface area contributed by atoms with Crippen molar-refractivity contribution in [2.75, 3.05) is 52.7 Å². The average molecular weight is 722 g/mol. The van der Waals surface area contributed by atoms with Crippen LogP contribution >= 0.6 is 11.6 Å². The highest BCUT2D eigenvalue weighted by molar-refractivity contribution is 6.34. The van der Waals surface area contributed by atoms with Crippen LogP contribution in [0, 0.1) is 28.9 Å². The highest BCUT2D eigenvalue weighted by Crippen LogP contribution is 2.32. The number of fused-ring (bicyclic) bond motifs is 1. The number of carboxylic acids is 1. The van der Waals surface area contributed by atoms with Crippen molar-refractivity contribution in [3.63, 3.8) is 0 Å². The van der Waals surface area contributed by atoms with E-state index in [-0.39, 0.29) is 17.2 Å². The second-order valence-electron chi connectivity index (χ2n) is 12.2. The number of rotatable bonds is 9. The summed E-state index contributed by atoms with van der Waals surface area (Å²) in [6, 6.07) is 9.41. The highest BCUT2D eigenvalue weighted by atomic mass is 35.5. The Balaban J connectivity index is 0.000000727. The van der Waals surface area contributed by atoms with Crippen LogP contribution in [0.25, 0.3) is 16.9 Å². The highest BCUT2D eigenvalue weighted by Gasteiger charge is 2.29. The van der Waals surface area contributed by atoms with Crippen molar-refractivity contribution in [1.29, 1.82) is 5.26 Å². The summed E-state index contributed by atoms with van der Waals surface area (Å²) < 4.78 is 68.6. The molecule has 0 bridgehead atoms. The van der Waals surface area contributed by atoms with Gasteiger partial charge in [0.15, 0.2) is 29.6 Å². The Morgan fingerprint density at radius 2 is 1.84 bits per heavy atom. The Bertz CT molecular complexity index is 1900. The number of ether oxygens (including phenoxy) is 1. The maximum absolute atomic E-state index is 14.9. The molecule has 17 heteroatoms. The van der Waals surface area contributed by atoms with E-state index >= 15 is 0 Å². The SMILES string of the molecule is CN(CCC1CC[N+](C)(C)CC1)C(=O)c1ccc(Nc2nccn3c(-c4ccc(OCC#N)c(F)c4F)cnc23)cc1Cl.O=C([O-])C(F)(F)F. The smallest absolute Gasteiger partial charge is 0.430 e. The van der Waals surface area contributed by atoms with Crippen LogP contribution in [0.1, 0.15) is 29.6 Å². The molecule has 3 heterocycles. The van der Waals surface area contributed by atoms with Gasteiger partial charge in [-0.1, -0.05) is 11.6 Å². The van der Waals surface area contributed by atoms with Gasteiger partial charge >= 0.3 is 6.18 Å². The number of benzene rings is 2. The van der Waals surface area contributed by atoms with Gasteiger partial charge in [0.1, 0.15) is 12.0 Å². The maximum atomic E-state index is 14.9.